The highest BCUT2D eigenvalue weighted by Crippen LogP contribution is 2.31. The average Bonchev–Trinajstić information content (AvgIpc) is 2.22. The summed E-state index contributed by atoms with van der Waals surface area (Å²) in [4.78, 5) is 0. The summed E-state index contributed by atoms with van der Waals surface area (Å²) in [5, 5.41) is 10.1. The zero-order chi connectivity index (χ0) is 12.5. The Labute approximate surface area is 100 Å². The third-order valence-electron chi connectivity index (χ3n) is 2.70. The summed E-state index contributed by atoms with van der Waals surface area (Å²) in [5.41, 5.74) is 6.79. The van der Waals surface area contributed by atoms with Crippen LogP contribution in [0.3, 0.4) is 0 Å². The van der Waals surface area contributed by atoms with E-state index in [2.05, 4.69) is 0 Å². The minimum absolute atomic E-state index is 0.0500. The first-order valence-corrected chi connectivity index (χ1v) is 5.62. The molecule has 90 valence electrons. The molecule has 0 aromatic heterocycles. The van der Waals surface area contributed by atoms with Crippen molar-refractivity contribution >= 4 is 11.6 Å². The van der Waals surface area contributed by atoms with Crippen LogP contribution in [0.4, 0.5) is 4.39 Å². The van der Waals surface area contributed by atoms with Gasteiger partial charge in [-0.15, -0.1) is 0 Å². The smallest absolute Gasteiger partial charge is 0.129 e. The quantitative estimate of drug-likeness (QED) is 0.860. The Bertz CT molecular complexity index is 382. The zero-order valence-corrected chi connectivity index (χ0v) is 10.4. The molecule has 2 atom stereocenters. The van der Waals surface area contributed by atoms with E-state index in [-0.39, 0.29) is 11.5 Å². The minimum Gasteiger partial charge on any atom is -0.391 e. The molecule has 0 amide bonds. The number of hydrogen-bond acceptors (Lipinski definition) is 2. The molecule has 0 fully saturated rings. The molecule has 0 bridgehead atoms. The molecule has 0 aliphatic carbocycles. The van der Waals surface area contributed by atoms with Crippen molar-refractivity contribution in [2.45, 2.75) is 32.9 Å². The first kappa shape index (κ1) is 13.4. The van der Waals surface area contributed by atoms with Gasteiger partial charge in [0.15, 0.2) is 0 Å². The van der Waals surface area contributed by atoms with Crippen molar-refractivity contribution in [1.29, 1.82) is 0 Å². The van der Waals surface area contributed by atoms with Crippen molar-refractivity contribution < 1.29 is 9.50 Å². The molecule has 0 heterocycles. The molecule has 0 radical (unpaired) electrons. The highest BCUT2D eigenvalue weighted by Gasteiger charge is 2.25. The van der Waals surface area contributed by atoms with E-state index < -0.39 is 18.0 Å². The van der Waals surface area contributed by atoms with Crippen LogP contribution in [0.2, 0.25) is 5.02 Å². The summed E-state index contributed by atoms with van der Waals surface area (Å²) in [6.07, 6.45) is -0.811. The maximum atomic E-state index is 13.6. The SMILES string of the molecule is Cc1ccc(F)c([C@H](N)[C@H](O)C(C)C)c1Cl. The summed E-state index contributed by atoms with van der Waals surface area (Å²) < 4.78 is 13.6. The van der Waals surface area contributed by atoms with E-state index in [1.807, 2.05) is 13.8 Å². The van der Waals surface area contributed by atoms with Gasteiger partial charge in [0.25, 0.3) is 0 Å². The number of benzene rings is 1. The van der Waals surface area contributed by atoms with E-state index in [0.717, 1.165) is 5.56 Å². The topological polar surface area (TPSA) is 46.2 Å². The summed E-state index contributed by atoms with van der Waals surface area (Å²) in [7, 11) is 0. The lowest BCUT2D eigenvalue weighted by Gasteiger charge is -2.24. The molecule has 16 heavy (non-hydrogen) atoms. The Hall–Kier alpha value is -0.640. The van der Waals surface area contributed by atoms with E-state index in [1.54, 1.807) is 13.0 Å². The van der Waals surface area contributed by atoms with Crippen LogP contribution in [0, 0.1) is 18.7 Å². The number of halogens is 2. The lowest BCUT2D eigenvalue weighted by Crippen LogP contribution is -2.31. The Morgan fingerprint density at radius 2 is 1.94 bits per heavy atom. The molecule has 1 rings (SSSR count). The predicted octanol–water partition coefficient (Wildman–Crippen LogP) is 2.80. The maximum absolute atomic E-state index is 13.6. The van der Waals surface area contributed by atoms with Crippen molar-refractivity contribution in [3.05, 3.63) is 34.1 Å². The number of aliphatic hydroxyl groups is 1. The van der Waals surface area contributed by atoms with E-state index in [1.165, 1.54) is 6.07 Å². The van der Waals surface area contributed by atoms with Crippen LogP contribution in [0.1, 0.15) is 31.0 Å². The van der Waals surface area contributed by atoms with E-state index in [9.17, 15) is 9.50 Å². The summed E-state index contributed by atoms with van der Waals surface area (Å²) >= 11 is 6.01. The van der Waals surface area contributed by atoms with Gasteiger partial charge in [-0.25, -0.2) is 4.39 Å². The van der Waals surface area contributed by atoms with Gasteiger partial charge in [-0.3, -0.25) is 0 Å². The summed E-state index contributed by atoms with van der Waals surface area (Å²) in [5.74, 6) is -0.520. The van der Waals surface area contributed by atoms with Crippen molar-refractivity contribution in [3.8, 4) is 0 Å². The molecule has 0 spiro atoms. The molecule has 0 saturated carbocycles. The second kappa shape index (κ2) is 5.13. The number of aliphatic hydroxyl groups excluding tert-OH is 1. The van der Waals surface area contributed by atoms with E-state index in [4.69, 9.17) is 17.3 Å². The van der Waals surface area contributed by atoms with Crippen LogP contribution >= 0.6 is 11.6 Å². The molecular weight excluding hydrogens is 229 g/mol. The van der Waals surface area contributed by atoms with Crippen molar-refractivity contribution in [2.75, 3.05) is 0 Å². The number of nitrogens with two attached hydrogens (primary N) is 1. The van der Waals surface area contributed by atoms with Crippen LogP contribution < -0.4 is 5.73 Å². The van der Waals surface area contributed by atoms with Crippen LogP contribution in [0.15, 0.2) is 12.1 Å². The van der Waals surface area contributed by atoms with Gasteiger partial charge in [0.1, 0.15) is 5.82 Å². The van der Waals surface area contributed by atoms with Gasteiger partial charge in [0, 0.05) is 5.56 Å². The van der Waals surface area contributed by atoms with Crippen LogP contribution in [0.25, 0.3) is 0 Å². The fraction of sp³-hybridized carbons (Fsp3) is 0.500. The molecule has 1 aromatic carbocycles. The highest BCUT2D eigenvalue weighted by molar-refractivity contribution is 6.32. The Morgan fingerprint density at radius 1 is 1.38 bits per heavy atom. The van der Waals surface area contributed by atoms with Crippen LogP contribution in [-0.4, -0.2) is 11.2 Å². The molecule has 0 unspecified atom stereocenters. The summed E-state index contributed by atoms with van der Waals surface area (Å²) in [6.45, 7) is 5.43. The monoisotopic (exact) mass is 245 g/mol. The minimum atomic E-state index is -0.811. The zero-order valence-electron chi connectivity index (χ0n) is 9.67. The van der Waals surface area contributed by atoms with Crippen LogP contribution in [-0.2, 0) is 0 Å². The Morgan fingerprint density at radius 3 is 2.44 bits per heavy atom. The lowest BCUT2D eigenvalue weighted by atomic mass is 9.93. The van der Waals surface area contributed by atoms with Gasteiger partial charge >= 0.3 is 0 Å². The van der Waals surface area contributed by atoms with Gasteiger partial charge in [-0.1, -0.05) is 31.5 Å². The van der Waals surface area contributed by atoms with Crippen molar-refractivity contribution in [1.82, 2.24) is 0 Å². The van der Waals surface area contributed by atoms with E-state index >= 15 is 0 Å². The first-order valence-electron chi connectivity index (χ1n) is 5.24. The molecule has 0 saturated heterocycles. The van der Waals surface area contributed by atoms with Crippen molar-refractivity contribution in [3.63, 3.8) is 0 Å². The van der Waals surface area contributed by atoms with Gasteiger partial charge in [-0.2, -0.15) is 0 Å². The lowest BCUT2D eigenvalue weighted by molar-refractivity contribution is 0.0966. The molecule has 1 aromatic rings. The third-order valence-corrected chi connectivity index (χ3v) is 3.21. The number of rotatable bonds is 3. The standard InChI is InChI=1S/C12H17ClFNO/c1-6(2)12(16)11(15)9-8(14)5-4-7(3)10(9)13/h4-6,11-12,16H,15H2,1-3H3/t11-,12+/m0/s1. The Kier molecular flexibility index (Phi) is 4.30. The van der Waals surface area contributed by atoms with E-state index in [0.29, 0.717) is 5.02 Å². The Balaban J connectivity index is 3.17. The molecule has 0 aliphatic rings. The average molecular weight is 246 g/mol. The van der Waals surface area contributed by atoms with Crippen molar-refractivity contribution in [2.24, 2.45) is 11.7 Å². The highest BCUT2D eigenvalue weighted by atomic mass is 35.5. The number of hydrogen-bond donors (Lipinski definition) is 2. The third kappa shape index (κ3) is 2.54. The fourth-order valence-electron chi connectivity index (χ4n) is 1.57. The van der Waals surface area contributed by atoms with Crippen LogP contribution in [0.5, 0.6) is 0 Å². The molecule has 4 heteroatoms. The van der Waals surface area contributed by atoms with Gasteiger partial charge in [-0.05, 0) is 24.5 Å². The first-order chi connectivity index (χ1) is 7.36. The number of aryl methyl sites for hydroxylation is 1. The van der Waals surface area contributed by atoms with Gasteiger partial charge in [0.2, 0.25) is 0 Å². The maximum Gasteiger partial charge on any atom is 0.129 e. The molecule has 3 N–H and O–H groups in total. The normalized spacial score (nSPS) is 15.2. The molecular formula is C12H17ClFNO. The fourth-order valence-corrected chi connectivity index (χ4v) is 1.85. The van der Waals surface area contributed by atoms with Gasteiger partial charge in [0.05, 0.1) is 17.2 Å². The summed E-state index contributed by atoms with van der Waals surface area (Å²) in [6, 6.07) is 2.12. The second-order valence-corrected chi connectivity index (χ2v) is 4.73. The largest absolute Gasteiger partial charge is 0.391 e. The van der Waals surface area contributed by atoms with Gasteiger partial charge < -0.3 is 10.8 Å². The predicted molar refractivity (Wildman–Crippen MR) is 63.9 cm³/mol. The molecule has 2 nitrogen and oxygen atoms in total. The second-order valence-electron chi connectivity index (χ2n) is 4.35. The molecule has 0 aliphatic heterocycles.